The molecule has 0 aliphatic carbocycles. The summed E-state index contributed by atoms with van der Waals surface area (Å²) in [6.07, 6.45) is 0. The lowest BCUT2D eigenvalue weighted by atomic mass is 10.3. The van der Waals surface area contributed by atoms with E-state index in [9.17, 15) is 9.59 Å². The zero-order chi connectivity index (χ0) is 13.3. The van der Waals surface area contributed by atoms with E-state index in [1.807, 2.05) is 13.0 Å². The van der Waals surface area contributed by atoms with Crippen LogP contribution in [0.4, 0.5) is 5.13 Å². The number of hydrogen-bond acceptors (Lipinski definition) is 5. The third kappa shape index (κ3) is 2.65. The van der Waals surface area contributed by atoms with Crippen molar-refractivity contribution in [1.29, 1.82) is 0 Å². The number of ketones is 1. The SMILES string of the molecule is CC(=O)c1sc(NC(=O)c2ccc(C)s2)nc1C. The number of carbonyl (C=O) groups excluding carboxylic acids is 2. The number of nitrogens with zero attached hydrogens (tertiary/aromatic N) is 1. The standard InChI is InChI=1S/C12H12N2O2S2/c1-6-4-5-9(17-6)11(16)14-12-13-7(2)10(18-12)8(3)15/h4-5H,1-3H3,(H,13,14,16). The van der Waals surface area contributed by atoms with Gasteiger partial charge in [-0.2, -0.15) is 0 Å². The Morgan fingerprint density at radius 3 is 2.44 bits per heavy atom. The monoisotopic (exact) mass is 280 g/mol. The lowest BCUT2D eigenvalue weighted by Crippen LogP contribution is -2.09. The second kappa shape index (κ2) is 4.99. The summed E-state index contributed by atoms with van der Waals surface area (Å²) in [5.74, 6) is -0.214. The van der Waals surface area contributed by atoms with E-state index in [0.717, 1.165) is 4.88 Å². The average Bonchev–Trinajstić information content (AvgIpc) is 2.85. The van der Waals surface area contributed by atoms with Crippen LogP contribution in [0.1, 0.15) is 36.8 Å². The minimum Gasteiger partial charge on any atom is -0.297 e. The molecule has 0 bridgehead atoms. The summed E-state index contributed by atoms with van der Waals surface area (Å²) >= 11 is 2.64. The summed E-state index contributed by atoms with van der Waals surface area (Å²) in [6.45, 7) is 5.20. The van der Waals surface area contributed by atoms with Crippen molar-refractivity contribution in [3.8, 4) is 0 Å². The van der Waals surface area contributed by atoms with Crippen LogP contribution in [-0.2, 0) is 0 Å². The van der Waals surface area contributed by atoms with Gasteiger partial charge in [-0.15, -0.1) is 11.3 Å². The van der Waals surface area contributed by atoms with Crippen molar-refractivity contribution in [1.82, 2.24) is 4.98 Å². The first-order valence-electron chi connectivity index (χ1n) is 5.33. The summed E-state index contributed by atoms with van der Waals surface area (Å²) in [6, 6.07) is 3.68. The van der Waals surface area contributed by atoms with E-state index in [1.54, 1.807) is 13.0 Å². The van der Waals surface area contributed by atoms with Gasteiger partial charge in [-0.25, -0.2) is 4.98 Å². The number of aromatic nitrogens is 1. The van der Waals surface area contributed by atoms with E-state index in [-0.39, 0.29) is 11.7 Å². The Morgan fingerprint density at radius 2 is 1.94 bits per heavy atom. The minimum atomic E-state index is -0.183. The number of rotatable bonds is 3. The van der Waals surface area contributed by atoms with E-state index in [0.29, 0.717) is 20.6 Å². The van der Waals surface area contributed by atoms with Crippen molar-refractivity contribution in [2.75, 3.05) is 5.32 Å². The molecule has 1 N–H and O–H groups in total. The van der Waals surface area contributed by atoms with Gasteiger partial charge in [0.25, 0.3) is 5.91 Å². The molecule has 0 spiro atoms. The van der Waals surface area contributed by atoms with Gasteiger partial charge in [0.15, 0.2) is 10.9 Å². The Bertz CT molecular complexity index is 613. The van der Waals surface area contributed by atoms with E-state index < -0.39 is 0 Å². The highest BCUT2D eigenvalue weighted by Crippen LogP contribution is 2.24. The van der Waals surface area contributed by atoms with Crippen molar-refractivity contribution >= 4 is 39.5 Å². The van der Waals surface area contributed by atoms with E-state index >= 15 is 0 Å². The molecular formula is C12H12N2O2S2. The Balaban J connectivity index is 2.17. The van der Waals surface area contributed by atoms with Crippen molar-refractivity contribution in [3.05, 3.63) is 32.5 Å². The van der Waals surface area contributed by atoms with Gasteiger partial charge in [-0.3, -0.25) is 14.9 Å². The highest BCUT2D eigenvalue weighted by atomic mass is 32.1. The molecule has 18 heavy (non-hydrogen) atoms. The molecule has 94 valence electrons. The number of anilines is 1. The van der Waals surface area contributed by atoms with Crippen LogP contribution in [0.2, 0.25) is 0 Å². The number of thiazole rings is 1. The first-order chi connectivity index (χ1) is 8.47. The summed E-state index contributed by atoms with van der Waals surface area (Å²) in [5.41, 5.74) is 0.658. The lowest BCUT2D eigenvalue weighted by molar-refractivity contribution is 0.101. The van der Waals surface area contributed by atoms with Gasteiger partial charge in [0.2, 0.25) is 0 Å². The quantitative estimate of drug-likeness (QED) is 0.878. The molecule has 0 atom stereocenters. The molecule has 0 saturated carbocycles. The largest absolute Gasteiger partial charge is 0.297 e. The fourth-order valence-electron chi connectivity index (χ4n) is 1.49. The van der Waals surface area contributed by atoms with Crippen LogP contribution < -0.4 is 5.32 Å². The molecule has 2 heterocycles. The highest BCUT2D eigenvalue weighted by Gasteiger charge is 2.14. The number of carbonyl (C=O) groups is 2. The predicted octanol–water partition coefficient (Wildman–Crippen LogP) is 3.28. The summed E-state index contributed by atoms with van der Waals surface area (Å²) in [7, 11) is 0. The van der Waals surface area contributed by atoms with Gasteiger partial charge >= 0.3 is 0 Å². The molecule has 0 radical (unpaired) electrons. The Kier molecular flexibility index (Phi) is 3.58. The third-order valence-electron chi connectivity index (χ3n) is 2.30. The molecular weight excluding hydrogens is 268 g/mol. The molecule has 0 saturated heterocycles. The molecule has 2 aromatic heterocycles. The van der Waals surface area contributed by atoms with Crippen molar-refractivity contribution in [2.45, 2.75) is 20.8 Å². The topological polar surface area (TPSA) is 59.1 Å². The van der Waals surface area contributed by atoms with Crippen LogP contribution >= 0.6 is 22.7 Å². The molecule has 1 amide bonds. The molecule has 6 heteroatoms. The number of Topliss-reactive ketones (excluding diaryl/α,β-unsaturated/α-hetero) is 1. The maximum Gasteiger partial charge on any atom is 0.267 e. The summed E-state index contributed by atoms with van der Waals surface area (Å²) in [4.78, 5) is 29.7. The first-order valence-corrected chi connectivity index (χ1v) is 6.97. The molecule has 0 fully saturated rings. The number of thiophene rings is 1. The van der Waals surface area contributed by atoms with Crippen molar-refractivity contribution < 1.29 is 9.59 Å². The van der Waals surface area contributed by atoms with Crippen LogP contribution in [0.3, 0.4) is 0 Å². The third-order valence-corrected chi connectivity index (χ3v) is 4.47. The molecule has 0 aromatic carbocycles. The molecule has 4 nitrogen and oxygen atoms in total. The van der Waals surface area contributed by atoms with Crippen LogP contribution in [0.25, 0.3) is 0 Å². The van der Waals surface area contributed by atoms with E-state index in [2.05, 4.69) is 10.3 Å². The van der Waals surface area contributed by atoms with E-state index in [4.69, 9.17) is 0 Å². The fraction of sp³-hybridized carbons (Fsp3) is 0.250. The van der Waals surface area contributed by atoms with Gasteiger partial charge < -0.3 is 0 Å². The zero-order valence-electron chi connectivity index (χ0n) is 10.2. The minimum absolute atomic E-state index is 0.0301. The second-order valence-electron chi connectivity index (χ2n) is 3.85. The predicted molar refractivity (Wildman–Crippen MR) is 73.9 cm³/mol. The number of aryl methyl sites for hydroxylation is 2. The lowest BCUT2D eigenvalue weighted by Gasteiger charge is -1.97. The molecule has 0 unspecified atom stereocenters. The molecule has 0 aliphatic heterocycles. The maximum atomic E-state index is 11.9. The molecule has 2 aromatic rings. The van der Waals surface area contributed by atoms with Gasteiger partial charge in [-0.1, -0.05) is 11.3 Å². The van der Waals surface area contributed by atoms with Crippen LogP contribution in [-0.4, -0.2) is 16.7 Å². The highest BCUT2D eigenvalue weighted by molar-refractivity contribution is 7.18. The van der Waals surface area contributed by atoms with Gasteiger partial charge in [0, 0.05) is 11.8 Å². The molecule has 2 rings (SSSR count). The van der Waals surface area contributed by atoms with E-state index in [1.165, 1.54) is 29.6 Å². The van der Waals surface area contributed by atoms with Crippen molar-refractivity contribution in [2.24, 2.45) is 0 Å². The summed E-state index contributed by atoms with van der Waals surface area (Å²) < 4.78 is 0. The van der Waals surface area contributed by atoms with Crippen LogP contribution in [0.15, 0.2) is 12.1 Å². The van der Waals surface area contributed by atoms with Crippen molar-refractivity contribution in [3.63, 3.8) is 0 Å². The maximum absolute atomic E-state index is 11.9. The van der Waals surface area contributed by atoms with Gasteiger partial charge in [0.1, 0.15) is 0 Å². The Hall–Kier alpha value is -1.53. The summed E-state index contributed by atoms with van der Waals surface area (Å²) in [5, 5.41) is 3.18. The zero-order valence-corrected chi connectivity index (χ0v) is 11.9. The average molecular weight is 280 g/mol. The second-order valence-corrected chi connectivity index (χ2v) is 6.14. The number of hydrogen-bond donors (Lipinski definition) is 1. The van der Waals surface area contributed by atoms with Gasteiger partial charge in [0.05, 0.1) is 15.4 Å². The van der Waals surface area contributed by atoms with Crippen LogP contribution in [0, 0.1) is 13.8 Å². The van der Waals surface area contributed by atoms with Gasteiger partial charge in [-0.05, 0) is 26.0 Å². The number of amides is 1. The first kappa shape index (κ1) is 12.9. The molecule has 0 aliphatic rings. The van der Waals surface area contributed by atoms with Crippen LogP contribution in [0.5, 0.6) is 0 Å². The Labute approximate surface area is 113 Å². The smallest absolute Gasteiger partial charge is 0.267 e. The fourth-order valence-corrected chi connectivity index (χ4v) is 3.11. The Morgan fingerprint density at radius 1 is 1.22 bits per heavy atom. The number of nitrogens with one attached hydrogen (secondary N) is 1. The normalized spacial score (nSPS) is 10.4.